The molecule has 3 heterocycles. The number of hydrogen-bond donors (Lipinski definition) is 1. The van der Waals surface area contributed by atoms with E-state index in [0.29, 0.717) is 35.2 Å². The van der Waals surface area contributed by atoms with Gasteiger partial charge in [0.1, 0.15) is 17.6 Å². The van der Waals surface area contributed by atoms with Crippen molar-refractivity contribution in [2.45, 2.75) is 18.5 Å². The second-order valence-electron chi connectivity index (χ2n) is 7.41. The monoisotopic (exact) mass is 451 g/mol. The van der Waals surface area contributed by atoms with Gasteiger partial charge < -0.3 is 24.1 Å². The molecule has 0 unspecified atom stereocenters. The molecule has 7 nitrogen and oxygen atoms in total. The standard InChI is InChI=1S/C24H25N3O4S/c1-29-15-7-14-27-22(21(26-24(27)32)18-10-5-6-13-25-18)20-12-11-19(31-20)16-8-3-4-9-17(16)23(28)30-2/h3-6,8-13,21-22H,7,14-15H2,1-2H3,(H,26,32)/t21-,22+/m0/s1. The number of hydrogen-bond acceptors (Lipinski definition) is 6. The largest absolute Gasteiger partial charge is 0.465 e. The molecule has 0 radical (unpaired) electrons. The maximum absolute atomic E-state index is 12.2. The van der Waals surface area contributed by atoms with Crippen LogP contribution in [0.1, 0.15) is 40.3 Å². The number of methoxy groups -OCH3 is 2. The van der Waals surface area contributed by atoms with Crippen LogP contribution in [0, 0.1) is 0 Å². The van der Waals surface area contributed by atoms with Gasteiger partial charge in [-0.25, -0.2) is 4.79 Å². The number of ether oxygens (including phenoxy) is 2. The molecule has 1 N–H and O–H groups in total. The van der Waals surface area contributed by atoms with Crippen molar-refractivity contribution in [1.82, 2.24) is 15.2 Å². The Bertz CT molecular complexity index is 1090. The fourth-order valence-electron chi connectivity index (χ4n) is 3.98. The van der Waals surface area contributed by atoms with Crippen LogP contribution >= 0.6 is 12.2 Å². The highest BCUT2D eigenvalue weighted by Crippen LogP contribution is 2.40. The molecule has 8 heteroatoms. The Balaban J connectivity index is 1.71. The number of carbonyl (C=O) groups is 1. The SMILES string of the molecule is COCCCN1C(=S)N[C@@H](c2ccccn2)[C@H]1c1ccc(-c2ccccc2C(=O)OC)o1. The fraction of sp³-hybridized carbons (Fsp3) is 0.292. The molecule has 0 bridgehead atoms. The summed E-state index contributed by atoms with van der Waals surface area (Å²) in [7, 11) is 3.06. The van der Waals surface area contributed by atoms with Crippen LogP contribution in [0.15, 0.2) is 65.2 Å². The second kappa shape index (κ2) is 9.93. The van der Waals surface area contributed by atoms with Crippen LogP contribution in [0.3, 0.4) is 0 Å². The molecule has 0 spiro atoms. The fourth-order valence-corrected chi connectivity index (χ4v) is 4.31. The lowest BCUT2D eigenvalue weighted by Crippen LogP contribution is -2.31. The van der Waals surface area contributed by atoms with Gasteiger partial charge >= 0.3 is 5.97 Å². The minimum absolute atomic E-state index is 0.166. The van der Waals surface area contributed by atoms with E-state index in [0.717, 1.165) is 17.9 Å². The molecule has 1 saturated heterocycles. The summed E-state index contributed by atoms with van der Waals surface area (Å²) in [5, 5.41) is 4.05. The molecular weight excluding hydrogens is 426 g/mol. The first-order valence-corrected chi connectivity index (χ1v) is 10.8. The molecule has 2 atom stereocenters. The zero-order valence-electron chi connectivity index (χ0n) is 18.0. The first kappa shape index (κ1) is 22.0. The van der Waals surface area contributed by atoms with E-state index in [-0.39, 0.29) is 12.1 Å². The summed E-state index contributed by atoms with van der Waals surface area (Å²) in [5.41, 5.74) is 2.01. The Kier molecular flexibility index (Phi) is 6.82. The summed E-state index contributed by atoms with van der Waals surface area (Å²) in [6.45, 7) is 1.35. The van der Waals surface area contributed by atoms with Crippen molar-refractivity contribution in [3.05, 3.63) is 77.8 Å². The normalized spacial score (nSPS) is 17.9. The quantitative estimate of drug-likeness (QED) is 0.311. The number of esters is 1. The number of aromatic nitrogens is 1. The zero-order valence-corrected chi connectivity index (χ0v) is 18.8. The van der Waals surface area contributed by atoms with E-state index in [2.05, 4.69) is 15.2 Å². The Hall–Kier alpha value is -3.23. The van der Waals surface area contributed by atoms with E-state index in [4.69, 9.17) is 26.1 Å². The molecule has 2 aromatic heterocycles. The number of furan rings is 1. The van der Waals surface area contributed by atoms with Crippen molar-refractivity contribution < 1.29 is 18.7 Å². The molecule has 1 fully saturated rings. The lowest BCUT2D eigenvalue weighted by atomic mass is 10.0. The van der Waals surface area contributed by atoms with Crippen molar-refractivity contribution in [1.29, 1.82) is 0 Å². The molecule has 1 aliphatic rings. The van der Waals surface area contributed by atoms with Gasteiger partial charge in [-0.15, -0.1) is 0 Å². The summed E-state index contributed by atoms with van der Waals surface area (Å²) >= 11 is 5.66. The predicted molar refractivity (Wildman–Crippen MR) is 124 cm³/mol. The molecular formula is C24H25N3O4S. The third kappa shape index (κ3) is 4.37. The number of pyridine rings is 1. The lowest BCUT2D eigenvalue weighted by molar-refractivity contribution is 0.0601. The number of benzene rings is 1. The van der Waals surface area contributed by atoms with Gasteiger partial charge in [-0.1, -0.05) is 24.3 Å². The third-order valence-corrected chi connectivity index (χ3v) is 5.81. The van der Waals surface area contributed by atoms with Crippen molar-refractivity contribution in [3.63, 3.8) is 0 Å². The van der Waals surface area contributed by atoms with E-state index in [1.807, 2.05) is 42.5 Å². The molecule has 0 aliphatic carbocycles. The topological polar surface area (TPSA) is 76.8 Å². The molecule has 4 rings (SSSR count). The number of rotatable bonds is 8. The van der Waals surface area contributed by atoms with Crippen LogP contribution < -0.4 is 5.32 Å². The molecule has 3 aromatic rings. The van der Waals surface area contributed by atoms with Gasteiger partial charge in [0, 0.05) is 32.0 Å². The highest BCUT2D eigenvalue weighted by Gasteiger charge is 2.41. The molecule has 166 valence electrons. The van der Waals surface area contributed by atoms with E-state index in [1.54, 1.807) is 25.4 Å². The summed E-state index contributed by atoms with van der Waals surface area (Å²) in [6.07, 6.45) is 2.59. The Labute approximate surface area is 192 Å². The minimum atomic E-state index is -0.408. The van der Waals surface area contributed by atoms with Crippen molar-refractivity contribution in [2.24, 2.45) is 0 Å². The molecule has 1 aliphatic heterocycles. The van der Waals surface area contributed by atoms with Crippen LogP contribution in [0.2, 0.25) is 0 Å². The highest BCUT2D eigenvalue weighted by molar-refractivity contribution is 7.80. The third-order valence-electron chi connectivity index (χ3n) is 5.46. The smallest absolute Gasteiger partial charge is 0.338 e. The van der Waals surface area contributed by atoms with Gasteiger partial charge in [0.05, 0.1) is 24.4 Å². The van der Waals surface area contributed by atoms with Crippen LogP contribution in [-0.4, -0.2) is 48.3 Å². The van der Waals surface area contributed by atoms with Gasteiger partial charge in [0.15, 0.2) is 5.11 Å². The van der Waals surface area contributed by atoms with Gasteiger partial charge in [0.25, 0.3) is 0 Å². The average molecular weight is 452 g/mol. The van der Waals surface area contributed by atoms with Crippen molar-refractivity contribution in [3.8, 4) is 11.3 Å². The Morgan fingerprint density at radius 2 is 1.97 bits per heavy atom. The Morgan fingerprint density at radius 3 is 2.72 bits per heavy atom. The molecule has 0 amide bonds. The maximum Gasteiger partial charge on any atom is 0.338 e. The number of thiocarbonyl (C=S) groups is 1. The number of nitrogens with zero attached hydrogens (tertiary/aromatic N) is 2. The number of nitrogens with one attached hydrogen (secondary N) is 1. The second-order valence-corrected chi connectivity index (χ2v) is 7.79. The number of carbonyl (C=O) groups excluding carboxylic acids is 1. The van der Waals surface area contributed by atoms with Crippen LogP contribution in [0.25, 0.3) is 11.3 Å². The average Bonchev–Trinajstić information content (AvgIpc) is 3.44. The first-order valence-electron chi connectivity index (χ1n) is 10.4. The van der Waals surface area contributed by atoms with Gasteiger partial charge in [-0.2, -0.15) is 0 Å². The van der Waals surface area contributed by atoms with Crippen LogP contribution in [0.4, 0.5) is 0 Å². The lowest BCUT2D eigenvalue weighted by Gasteiger charge is -2.26. The van der Waals surface area contributed by atoms with Crippen LogP contribution in [0.5, 0.6) is 0 Å². The van der Waals surface area contributed by atoms with E-state index < -0.39 is 5.97 Å². The van der Waals surface area contributed by atoms with Crippen molar-refractivity contribution in [2.75, 3.05) is 27.4 Å². The van der Waals surface area contributed by atoms with E-state index >= 15 is 0 Å². The molecule has 32 heavy (non-hydrogen) atoms. The maximum atomic E-state index is 12.2. The predicted octanol–water partition coefficient (Wildman–Crippen LogP) is 4.14. The van der Waals surface area contributed by atoms with E-state index in [9.17, 15) is 4.79 Å². The summed E-state index contributed by atoms with van der Waals surface area (Å²) in [6, 6.07) is 16.5. The zero-order chi connectivity index (χ0) is 22.5. The van der Waals surface area contributed by atoms with Crippen molar-refractivity contribution >= 4 is 23.3 Å². The molecule has 1 aromatic carbocycles. The summed E-state index contributed by atoms with van der Waals surface area (Å²) in [5.74, 6) is 0.922. The Morgan fingerprint density at radius 1 is 1.16 bits per heavy atom. The summed E-state index contributed by atoms with van der Waals surface area (Å²) < 4.78 is 16.5. The molecule has 0 saturated carbocycles. The first-order chi connectivity index (χ1) is 15.6. The van der Waals surface area contributed by atoms with Crippen LogP contribution in [-0.2, 0) is 9.47 Å². The minimum Gasteiger partial charge on any atom is -0.465 e. The highest BCUT2D eigenvalue weighted by atomic mass is 32.1. The summed E-state index contributed by atoms with van der Waals surface area (Å²) in [4.78, 5) is 18.9. The van der Waals surface area contributed by atoms with E-state index in [1.165, 1.54) is 7.11 Å². The van der Waals surface area contributed by atoms with Gasteiger partial charge in [0.2, 0.25) is 0 Å². The van der Waals surface area contributed by atoms with Gasteiger partial charge in [-0.05, 0) is 49.0 Å². The van der Waals surface area contributed by atoms with Gasteiger partial charge in [-0.3, -0.25) is 4.98 Å².